The van der Waals surface area contributed by atoms with Crippen molar-refractivity contribution in [1.82, 2.24) is 10.3 Å². The van der Waals surface area contributed by atoms with Crippen molar-refractivity contribution in [1.29, 1.82) is 0 Å². The third-order valence-corrected chi connectivity index (χ3v) is 3.72. The van der Waals surface area contributed by atoms with Crippen molar-refractivity contribution in [3.63, 3.8) is 0 Å². The van der Waals surface area contributed by atoms with Gasteiger partial charge in [0.1, 0.15) is 0 Å². The number of hydrogen-bond acceptors (Lipinski definition) is 3. The van der Waals surface area contributed by atoms with Crippen LogP contribution < -0.4 is 10.2 Å². The first-order valence-corrected chi connectivity index (χ1v) is 7.16. The number of anilines is 1. The minimum absolute atomic E-state index is 0.323. The SMILES string of the molecule is CCCCN(c1ccc(C(C)NC)nc1)C1CC1. The predicted octanol–water partition coefficient (Wildman–Crippen LogP) is 3.13. The molecule has 1 aliphatic rings. The molecule has 100 valence electrons. The summed E-state index contributed by atoms with van der Waals surface area (Å²) in [6, 6.07) is 5.47. The summed E-state index contributed by atoms with van der Waals surface area (Å²) in [4.78, 5) is 7.12. The molecule has 1 fully saturated rings. The molecule has 1 atom stereocenters. The first kappa shape index (κ1) is 13.3. The molecular formula is C15H25N3. The highest BCUT2D eigenvalue weighted by atomic mass is 15.2. The lowest BCUT2D eigenvalue weighted by Gasteiger charge is -2.24. The number of nitrogens with zero attached hydrogens (tertiary/aromatic N) is 2. The van der Waals surface area contributed by atoms with Gasteiger partial charge in [-0.2, -0.15) is 0 Å². The lowest BCUT2D eigenvalue weighted by atomic mass is 10.2. The van der Waals surface area contributed by atoms with E-state index in [2.05, 4.69) is 41.2 Å². The topological polar surface area (TPSA) is 28.2 Å². The molecular weight excluding hydrogens is 222 g/mol. The minimum atomic E-state index is 0.323. The van der Waals surface area contributed by atoms with Gasteiger partial charge in [0.15, 0.2) is 0 Å². The summed E-state index contributed by atoms with van der Waals surface area (Å²) < 4.78 is 0. The number of pyridine rings is 1. The van der Waals surface area contributed by atoms with Gasteiger partial charge in [-0.05, 0) is 45.4 Å². The van der Waals surface area contributed by atoms with Gasteiger partial charge in [0, 0.05) is 18.6 Å². The molecule has 0 bridgehead atoms. The maximum Gasteiger partial charge on any atom is 0.0571 e. The normalized spacial score (nSPS) is 16.6. The van der Waals surface area contributed by atoms with Gasteiger partial charge in [-0.15, -0.1) is 0 Å². The van der Waals surface area contributed by atoms with E-state index >= 15 is 0 Å². The van der Waals surface area contributed by atoms with Gasteiger partial charge in [-0.1, -0.05) is 13.3 Å². The van der Waals surface area contributed by atoms with Crippen LogP contribution in [0.5, 0.6) is 0 Å². The average molecular weight is 247 g/mol. The third kappa shape index (κ3) is 3.22. The Bertz CT molecular complexity index is 357. The van der Waals surface area contributed by atoms with E-state index in [0.29, 0.717) is 6.04 Å². The van der Waals surface area contributed by atoms with E-state index < -0.39 is 0 Å². The second-order valence-corrected chi connectivity index (χ2v) is 5.23. The summed E-state index contributed by atoms with van der Waals surface area (Å²) in [7, 11) is 1.97. The molecule has 1 aromatic heterocycles. The number of hydrogen-bond donors (Lipinski definition) is 1. The maximum atomic E-state index is 4.58. The predicted molar refractivity (Wildman–Crippen MR) is 77.0 cm³/mol. The molecule has 18 heavy (non-hydrogen) atoms. The Morgan fingerprint density at radius 1 is 1.44 bits per heavy atom. The van der Waals surface area contributed by atoms with Gasteiger partial charge < -0.3 is 10.2 Å². The zero-order valence-corrected chi connectivity index (χ0v) is 11.8. The van der Waals surface area contributed by atoms with Crippen LogP contribution in [-0.4, -0.2) is 24.6 Å². The average Bonchev–Trinajstić information content (AvgIpc) is 3.24. The molecule has 2 rings (SSSR count). The van der Waals surface area contributed by atoms with Crippen LogP contribution in [0, 0.1) is 0 Å². The van der Waals surface area contributed by atoms with Crippen LogP contribution in [0.25, 0.3) is 0 Å². The lowest BCUT2D eigenvalue weighted by molar-refractivity contribution is 0.632. The van der Waals surface area contributed by atoms with Gasteiger partial charge in [0.25, 0.3) is 0 Å². The molecule has 1 aromatic rings. The lowest BCUT2D eigenvalue weighted by Crippen LogP contribution is -2.27. The van der Waals surface area contributed by atoms with Crippen LogP contribution in [0.2, 0.25) is 0 Å². The Morgan fingerprint density at radius 2 is 2.22 bits per heavy atom. The van der Waals surface area contributed by atoms with E-state index in [0.717, 1.165) is 11.7 Å². The Kier molecular flexibility index (Phi) is 4.59. The van der Waals surface area contributed by atoms with E-state index in [1.165, 1.54) is 37.9 Å². The van der Waals surface area contributed by atoms with Crippen molar-refractivity contribution in [2.24, 2.45) is 0 Å². The first-order chi connectivity index (χ1) is 8.76. The van der Waals surface area contributed by atoms with Crippen molar-refractivity contribution in [3.05, 3.63) is 24.0 Å². The van der Waals surface area contributed by atoms with Gasteiger partial charge in [0.05, 0.1) is 17.6 Å². The highest BCUT2D eigenvalue weighted by Crippen LogP contribution is 2.31. The molecule has 1 heterocycles. The number of rotatable bonds is 7. The minimum Gasteiger partial charge on any atom is -0.367 e. The molecule has 0 saturated heterocycles. The first-order valence-electron chi connectivity index (χ1n) is 7.16. The van der Waals surface area contributed by atoms with Crippen LogP contribution in [0.3, 0.4) is 0 Å². The van der Waals surface area contributed by atoms with Crippen LogP contribution >= 0.6 is 0 Å². The van der Waals surface area contributed by atoms with Crippen molar-refractivity contribution in [2.45, 2.75) is 51.6 Å². The van der Waals surface area contributed by atoms with E-state index in [4.69, 9.17) is 0 Å². The highest BCUT2D eigenvalue weighted by Gasteiger charge is 2.28. The molecule has 0 aliphatic heterocycles. The Labute approximate surface area is 111 Å². The van der Waals surface area contributed by atoms with E-state index in [1.807, 2.05) is 13.2 Å². The van der Waals surface area contributed by atoms with E-state index in [-0.39, 0.29) is 0 Å². The van der Waals surface area contributed by atoms with Gasteiger partial charge >= 0.3 is 0 Å². The van der Waals surface area contributed by atoms with E-state index in [9.17, 15) is 0 Å². The Hall–Kier alpha value is -1.09. The number of unbranched alkanes of at least 4 members (excludes halogenated alkanes) is 1. The fourth-order valence-electron chi connectivity index (χ4n) is 2.21. The summed E-state index contributed by atoms with van der Waals surface area (Å²) in [5, 5.41) is 3.22. The number of nitrogens with one attached hydrogen (secondary N) is 1. The summed E-state index contributed by atoms with van der Waals surface area (Å²) in [6.07, 6.45) is 7.25. The van der Waals surface area contributed by atoms with Crippen LogP contribution in [0.4, 0.5) is 5.69 Å². The molecule has 1 saturated carbocycles. The summed E-state index contributed by atoms with van der Waals surface area (Å²) in [5.41, 5.74) is 2.41. The van der Waals surface area contributed by atoms with Crippen molar-refractivity contribution in [3.8, 4) is 0 Å². The van der Waals surface area contributed by atoms with Crippen LogP contribution in [-0.2, 0) is 0 Å². The molecule has 0 spiro atoms. The molecule has 0 radical (unpaired) electrons. The fraction of sp³-hybridized carbons (Fsp3) is 0.667. The summed E-state index contributed by atoms with van der Waals surface area (Å²) >= 11 is 0. The Morgan fingerprint density at radius 3 is 2.72 bits per heavy atom. The monoisotopic (exact) mass is 247 g/mol. The molecule has 0 amide bonds. The second kappa shape index (κ2) is 6.19. The standard InChI is InChI=1S/C15H25N3/c1-4-5-10-18(13-6-7-13)14-8-9-15(17-11-14)12(2)16-3/h8-9,11-13,16H,4-7,10H2,1-3H3. The van der Waals surface area contributed by atoms with Gasteiger partial charge in [-0.25, -0.2) is 0 Å². The molecule has 1 N–H and O–H groups in total. The summed E-state index contributed by atoms with van der Waals surface area (Å²) in [6.45, 7) is 5.56. The molecule has 1 unspecified atom stereocenters. The molecule has 0 aromatic carbocycles. The van der Waals surface area contributed by atoms with E-state index in [1.54, 1.807) is 0 Å². The fourth-order valence-corrected chi connectivity index (χ4v) is 2.21. The van der Waals surface area contributed by atoms with Crippen molar-refractivity contribution in [2.75, 3.05) is 18.5 Å². The largest absolute Gasteiger partial charge is 0.367 e. The molecule has 3 nitrogen and oxygen atoms in total. The zero-order chi connectivity index (χ0) is 13.0. The molecule has 3 heteroatoms. The quantitative estimate of drug-likeness (QED) is 0.802. The number of aromatic nitrogens is 1. The summed E-state index contributed by atoms with van der Waals surface area (Å²) in [5.74, 6) is 0. The second-order valence-electron chi connectivity index (χ2n) is 5.23. The highest BCUT2D eigenvalue weighted by molar-refractivity contribution is 5.47. The van der Waals surface area contributed by atoms with Gasteiger partial charge in [0.2, 0.25) is 0 Å². The van der Waals surface area contributed by atoms with Crippen molar-refractivity contribution >= 4 is 5.69 Å². The maximum absolute atomic E-state index is 4.58. The smallest absolute Gasteiger partial charge is 0.0571 e. The zero-order valence-electron chi connectivity index (χ0n) is 11.8. The molecule has 1 aliphatic carbocycles. The Balaban J connectivity index is 2.05. The third-order valence-electron chi connectivity index (χ3n) is 3.72. The van der Waals surface area contributed by atoms with Crippen LogP contribution in [0.15, 0.2) is 18.3 Å². The van der Waals surface area contributed by atoms with Crippen LogP contribution in [0.1, 0.15) is 51.3 Å². The van der Waals surface area contributed by atoms with Crippen molar-refractivity contribution < 1.29 is 0 Å². The van der Waals surface area contributed by atoms with Gasteiger partial charge in [-0.3, -0.25) is 4.98 Å².